The third-order valence-corrected chi connectivity index (χ3v) is 7.12. The van der Waals surface area contributed by atoms with E-state index >= 15 is 0 Å². The van der Waals surface area contributed by atoms with Gasteiger partial charge in [-0.15, -0.1) is 5.10 Å². The van der Waals surface area contributed by atoms with Gasteiger partial charge in [-0.25, -0.2) is 9.07 Å². The van der Waals surface area contributed by atoms with E-state index in [-0.39, 0.29) is 5.41 Å². The van der Waals surface area contributed by atoms with Gasteiger partial charge in [0.05, 0.1) is 41.4 Å². The summed E-state index contributed by atoms with van der Waals surface area (Å²) in [6.45, 7) is 7.08. The number of fused-ring (bicyclic) bond motifs is 1. The largest absolute Gasteiger partial charge is 0.383 e. The van der Waals surface area contributed by atoms with Crippen LogP contribution in [0.15, 0.2) is 48.8 Å². The molecule has 1 aliphatic rings. The van der Waals surface area contributed by atoms with Crippen molar-refractivity contribution in [2.45, 2.75) is 52.1 Å². The van der Waals surface area contributed by atoms with Gasteiger partial charge in [-0.3, -0.25) is 4.98 Å². The molecule has 2 aromatic carbocycles. The number of hydrogen-bond acceptors (Lipinski definition) is 6. The molecule has 5 rings (SSSR count). The molecular formula is C28H29ClFN7. The molecule has 190 valence electrons. The number of nitrogens with zero attached hydrogens (tertiary/aromatic N) is 5. The highest BCUT2D eigenvalue weighted by Gasteiger charge is 2.27. The van der Waals surface area contributed by atoms with Gasteiger partial charge >= 0.3 is 0 Å². The van der Waals surface area contributed by atoms with Crippen molar-refractivity contribution < 1.29 is 5.76 Å². The SMILES string of the molecule is [2H]C(Nc1cc(Cl)c2ncc(C#N)c(NCC(C)(C)CC)c2c1)(c1ccc(F)cc1)c1cn(C2CC2)nn1. The molecule has 2 N–H and O–H groups in total. The first-order valence-corrected chi connectivity index (χ1v) is 12.7. The van der Waals surface area contributed by atoms with Crippen LogP contribution in [0, 0.1) is 22.6 Å². The molecule has 0 amide bonds. The van der Waals surface area contributed by atoms with E-state index in [0.717, 1.165) is 19.3 Å². The van der Waals surface area contributed by atoms with Gasteiger partial charge in [-0.1, -0.05) is 49.7 Å². The van der Waals surface area contributed by atoms with Crippen molar-refractivity contribution in [3.63, 3.8) is 0 Å². The van der Waals surface area contributed by atoms with Crippen LogP contribution in [0.3, 0.4) is 0 Å². The maximum absolute atomic E-state index is 13.8. The molecule has 4 aromatic rings. The normalized spacial score (nSPS) is 15.6. The monoisotopic (exact) mass is 518 g/mol. The second-order valence-electron chi connectivity index (χ2n) is 10.2. The first-order chi connectivity index (χ1) is 18.1. The Morgan fingerprint density at radius 1 is 1.30 bits per heavy atom. The Kier molecular flexibility index (Phi) is 6.39. The van der Waals surface area contributed by atoms with E-state index in [2.05, 4.69) is 52.8 Å². The number of nitriles is 1. The smallest absolute Gasteiger partial charge is 0.123 e. The number of pyridine rings is 1. The molecule has 9 heteroatoms. The van der Waals surface area contributed by atoms with E-state index in [9.17, 15) is 11.0 Å². The lowest BCUT2D eigenvalue weighted by Crippen LogP contribution is -2.22. The Hall–Kier alpha value is -3.70. The molecule has 1 atom stereocenters. The quantitative estimate of drug-likeness (QED) is 0.251. The van der Waals surface area contributed by atoms with Crippen molar-refractivity contribution in [2.24, 2.45) is 5.41 Å². The van der Waals surface area contributed by atoms with E-state index in [0.29, 0.717) is 56.7 Å². The number of halogens is 2. The summed E-state index contributed by atoms with van der Waals surface area (Å²) in [5.41, 5.74) is 2.99. The van der Waals surface area contributed by atoms with E-state index in [1.165, 1.54) is 18.3 Å². The molecule has 1 fully saturated rings. The summed E-state index contributed by atoms with van der Waals surface area (Å²) in [4.78, 5) is 4.43. The Morgan fingerprint density at radius 3 is 2.73 bits per heavy atom. The zero-order valence-corrected chi connectivity index (χ0v) is 21.8. The van der Waals surface area contributed by atoms with Crippen LogP contribution in [0.25, 0.3) is 10.9 Å². The molecule has 0 bridgehead atoms. The molecule has 0 saturated heterocycles. The van der Waals surface area contributed by atoms with Gasteiger partial charge in [0.15, 0.2) is 0 Å². The molecule has 0 spiro atoms. The highest BCUT2D eigenvalue weighted by molar-refractivity contribution is 6.35. The minimum absolute atomic E-state index is 0.00821. The van der Waals surface area contributed by atoms with Crippen molar-refractivity contribution in [1.29, 1.82) is 5.26 Å². The van der Waals surface area contributed by atoms with Gasteiger partial charge in [0.25, 0.3) is 0 Å². The second-order valence-corrected chi connectivity index (χ2v) is 10.6. The molecule has 1 aliphatic carbocycles. The van der Waals surface area contributed by atoms with Gasteiger partial charge in [0.2, 0.25) is 0 Å². The van der Waals surface area contributed by atoms with Gasteiger partial charge in [0, 0.05) is 23.8 Å². The average molecular weight is 519 g/mol. The van der Waals surface area contributed by atoms with Crippen molar-refractivity contribution in [3.8, 4) is 6.07 Å². The van der Waals surface area contributed by atoms with Crippen LogP contribution in [0.2, 0.25) is 5.02 Å². The number of anilines is 2. The van der Waals surface area contributed by atoms with Crippen LogP contribution in [0.4, 0.5) is 15.8 Å². The van der Waals surface area contributed by atoms with Crippen LogP contribution in [-0.2, 0) is 0 Å². The molecule has 1 saturated carbocycles. The third kappa shape index (κ3) is 5.37. The topological polar surface area (TPSA) is 91.5 Å². The second kappa shape index (κ2) is 9.98. The summed E-state index contributed by atoms with van der Waals surface area (Å²) < 4.78 is 25.1. The number of aromatic nitrogens is 4. The van der Waals surface area contributed by atoms with Crippen molar-refractivity contribution >= 4 is 33.9 Å². The molecule has 0 aliphatic heterocycles. The summed E-state index contributed by atoms with van der Waals surface area (Å²) in [6, 6.07) is 10.2. The third-order valence-electron chi connectivity index (χ3n) is 6.84. The summed E-state index contributed by atoms with van der Waals surface area (Å²) >= 11 is 6.69. The molecule has 37 heavy (non-hydrogen) atoms. The predicted molar refractivity (Wildman–Crippen MR) is 144 cm³/mol. The van der Waals surface area contributed by atoms with Crippen molar-refractivity contribution in [3.05, 3.63) is 76.5 Å². The van der Waals surface area contributed by atoms with Crippen LogP contribution < -0.4 is 10.6 Å². The molecular weight excluding hydrogens is 489 g/mol. The number of rotatable bonds is 9. The zero-order valence-electron chi connectivity index (χ0n) is 22.0. The Balaban J connectivity index is 1.61. The minimum atomic E-state index is -1.59. The number of nitrogens with one attached hydrogen (secondary N) is 2. The van der Waals surface area contributed by atoms with Gasteiger partial charge < -0.3 is 10.6 Å². The lowest BCUT2D eigenvalue weighted by molar-refractivity contribution is 0.377. The zero-order chi connectivity index (χ0) is 27.1. The lowest BCUT2D eigenvalue weighted by atomic mass is 9.90. The van der Waals surface area contributed by atoms with E-state index in [1.807, 2.05) is 6.07 Å². The maximum atomic E-state index is 13.8. The fourth-order valence-corrected chi connectivity index (χ4v) is 4.28. The summed E-state index contributed by atoms with van der Waals surface area (Å²) in [5, 5.41) is 26.1. The predicted octanol–water partition coefficient (Wildman–Crippen LogP) is 6.87. The number of benzene rings is 2. The van der Waals surface area contributed by atoms with Crippen molar-refractivity contribution in [1.82, 2.24) is 20.0 Å². The van der Waals surface area contributed by atoms with Crippen LogP contribution in [0.1, 0.15) is 70.3 Å². The van der Waals surface area contributed by atoms with Gasteiger partial charge in [0.1, 0.15) is 17.6 Å². The summed E-state index contributed by atoms with van der Waals surface area (Å²) in [6.07, 6.45) is 6.29. The van der Waals surface area contributed by atoms with Gasteiger partial charge in [-0.05, 0) is 54.5 Å². The summed E-state index contributed by atoms with van der Waals surface area (Å²) in [7, 11) is 0. The molecule has 1 unspecified atom stereocenters. The average Bonchev–Trinajstić information content (AvgIpc) is 3.63. The van der Waals surface area contributed by atoms with Crippen LogP contribution in [-0.4, -0.2) is 26.5 Å². The van der Waals surface area contributed by atoms with E-state index in [4.69, 9.17) is 11.6 Å². The Labute approximate surface area is 222 Å². The highest BCUT2D eigenvalue weighted by atomic mass is 35.5. The molecule has 0 radical (unpaired) electrons. The standard InChI is InChI=1S/C28H29ClFN7/c1-4-28(2,3)16-33-25-18(13-31)14-32-27-22(25)11-20(12-23(27)29)34-26(17-5-7-19(30)8-6-17)24-15-37(36-35-24)21-9-10-21/h5-8,11-12,14-15,21,26,34H,4,9-10,16H2,1-3H3,(H,32,33)/i26D. The fourth-order valence-electron chi connectivity index (χ4n) is 4.01. The van der Waals surface area contributed by atoms with Crippen molar-refractivity contribution in [2.75, 3.05) is 17.2 Å². The summed E-state index contributed by atoms with van der Waals surface area (Å²) in [5.74, 6) is -0.396. The first-order valence-electron chi connectivity index (χ1n) is 12.9. The Morgan fingerprint density at radius 2 is 2.05 bits per heavy atom. The highest BCUT2D eigenvalue weighted by Crippen LogP contribution is 2.37. The van der Waals surface area contributed by atoms with E-state index < -0.39 is 11.8 Å². The Bertz CT molecular complexity index is 1520. The molecule has 2 aromatic heterocycles. The molecule has 2 heterocycles. The maximum Gasteiger partial charge on any atom is 0.123 e. The molecule has 7 nitrogen and oxygen atoms in total. The minimum Gasteiger partial charge on any atom is -0.383 e. The lowest BCUT2D eigenvalue weighted by Gasteiger charge is -2.25. The fraction of sp³-hybridized carbons (Fsp3) is 0.357. The van der Waals surface area contributed by atoms with Gasteiger partial charge in [-0.2, -0.15) is 5.26 Å². The number of hydrogen-bond donors (Lipinski definition) is 2. The van der Waals surface area contributed by atoms with Crippen LogP contribution >= 0.6 is 11.6 Å². The van der Waals surface area contributed by atoms with Crippen LogP contribution in [0.5, 0.6) is 0 Å². The van der Waals surface area contributed by atoms with E-state index in [1.54, 1.807) is 29.1 Å². The first kappa shape index (κ1) is 23.7.